The largest absolute Gasteiger partial charge is 0.420 e. The Bertz CT molecular complexity index is 304. The standard InChI is InChI=1S/C7H9F3N2O3/c1-6(7(8,9)10)4(14)12(2-3-13)5(15)11-6/h13H,2-3H2,1H3,(H,11,15). The molecular weight excluding hydrogens is 217 g/mol. The normalized spacial score (nSPS) is 27.1. The van der Waals surface area contributed by atoms with Crippen LogP contribution in [0.25, 0.3) is 0 Å². The van der Waals surface area contributed by atoms with Crippen molar-refractivity contribution in [3.8, 4) is 0 Å². The van der Waals surface area contributed by atoms with E-state index in [9.17, 15) is 22.8 Å². The molecule has 1 heterocycles. The van der Waals surface area contributed by atoms with Crippen LogP contribution in [0.5, 0.6) is 0 Å². The van der Waals surface area contributed by atoms with Gasteiger partial charge in [-0.25, -0.2) is 4.79 Å². The number of aliphatic hydroxyl groups is 1. The number of alkyl halides is 3. The monoisotopic (exact) mass is 226 g/mol. The number of urea groups is 1. The van der Waals surface area contributed by atoms with Crippen molar-refractivity contribution in [2.45, 2.75) is 18.6 Å². The summed E-state index contributed by atoms with van der Waals surface area (Å²) in [6, 6.07) is -1.14. The molecule has 1 rings (SSSR count). The summed E-state index contributed by atoms with van der Waals surface area (Å²) in [6.07, 6.45) is -4.86. The number of carbonyl (C=O) groups excluding carboxylic acids is 2. The number of aliphatic hydroxyl groups excluding tert-OH is 1. The van der Waals surface area contributed by atoms with Gasteiger partial charge < -0.3 is 10.4 Å². The lowest BCUT2D eigenvalue weighted by Crippen LogP contribution is -2.56. The molecule has 0 saturated carbocycles. The van der Waals surface area contributed by atoms with Crippen LogP contribution in [0.4, 0.5) is 18.0 Å². The Morgan fingerprint density at radius 2 is 2.00 bits per heavy atom. The molecule has 1 saturated heterocycles. The predicted octanol–water partition coefficient (Wildman–Crippen LogP) is -0.148. The van der Waals surface area contributed by atoms with Gasteiger partial charge in [0.15, 0.2) is 0 Å². The molecule has 3 amide bonds. The lowest BCUT2D eigenvalue weighted by molar-refractivity contribution is -0.191. The van der Waals surface area contributed by atoms with Crippen molar-refractivity contribution in [3.63, 3.8) is 0 Å². The van der Waals surface area contributed by atoms with E-state index in [1.807, 2.05) is 0 Å². The number of nitrogens with one attached hydrogen (secondary N) is 1. The van der Waals surface area contributed by atoms with Gasteiger partial charge in [-0.05, 0) is 6.92 Å². The van der Waals surface area contributed by atoms with Crippen LogP contribution in [-0.2, 0) is 4.79 Å². The molecule has 0 aliphatic carbocycles. The van der Waals surface area contributed by atoms with Gasteiger partial charge in [0.1, 0.15) is 0 Å². The van der Waals surface area contributed by atoms with Crippen LogP contribution in [-0.4, -0.2) is 46.8 Å². The Labute approximate surface area is 82.8 Å². The first-order valence-electron chi connectivity index (χ1n) is 4.05. The molecule has 86 valence electrons. The summed E-state index contributed by atoms with van der Waals surface area (Å²) in [5.74, 6) is -1.39. The van der Waals surface area contributed by atoms with Crippen molar-refractivity contribution in [1.82, 2.24) is 10.2 Å². The summed E-state index contributed by atoms with van der Waals surface area (Å²) >= 11 is 0. The first kappa shape index (κ1) is 11.8. The van der Waals surface area contributed by atoms with Gasteiger partial charge >= 0.3 is 12.2 Å². The highest BCUT2D eigenvalue weighted by Gasteiger charge is 2.64. The van der Waals surface area contributed by atoms with Crippen molar-refractivity contribution in [2.24, 2.45) is 0 Å². The van der Waals surface area contributed by atoms with E-state index in [1.54, 1.807) is 5.32 Å². The van der Waals surface area contributed by atoms with Crippen LogP contribution in [0, 0.1) is 0 Å². The summed E-state index contributed by atoms with van der Waals surface area (Å²) in [4.78, 5) is 22.6. The Morgan fingerprint density at radius 1 is 1.47 bits per heavy atom. The summed E-state index contributed by atoms with van der Waals surface area (Å²) in [7, 11) is 0. The molecule has 1 aliphatic heterocycles. The average molecular weight is 226 g/mol. The first-order valence-corrected chi connectivity index (χ1v) is 4.05. The summed E-state index contributed by atoms with van der Waals surface area (Å²) in [6.45, 7) is -0.436. The molecule has 2 N–H and O–H groups in total. The van der Waals surface area contributed by atoms with Gasteiger partial charge in [-0.3, -0.25) is 9.69 Å². The van der Waals surface area contributed by atoms with Crippen LogP contribution in [0.15, 0.2) is 0 Å². The Kier molecular flexibility index (Phi) is 2.64. The zero-order valence-corrected chi connectivity index (χ0v) is 7.76. The van der Waals surface area contributed by atoms with Crippen molar-refractivity contribution in [1.29, 1.82) is 0 Å². The molecule has 0 aromatic carbocycles. The minimum absolute atomic E-state index is 0.341. The lowest BCUT2D eigenvalue weighted by atomic mass is 10.0. The Hall–Kier alpha value is -1.31. The minimum Gasteiger partial charge on any atom is -0.395 e. The quantitative estimate of drug-likeness (QED) is 0.643. The summed E-state index contributed by atoms with van der Waals surface area (Å²) < 4.78 is 37.4. The van der Waals surface area contributed by atoms with Gasteiger partial charge in [0, 0.05) is 0 Å². The number of hydrogen-bond acceptors (Lipinski definition) is 3. The van der Waals surface area contributed by atoms with E-state index >= 15 is 0 Å². The zero-order valence-electron chi connectivity index (χ0n) is 7.76. The molecule has 8 heteroatoms. The average Bonchev–Trinajstić information content (AvgIpc) is 2.29. The zero-order chi connectivity index (χ0) is 11.9. The highest BCUT2D eigenvalue weighted by molar-refractivity contribution is 6.07. The lowest BCUT2D eigenvalue weighted by Gasteiger charge is -2.24. The number of carbonyl (C=O) groups is 2. The number of imide groups is 1. The van der Waals surface area contributed by atoms with Crippen molar-refractivity contribution >= 4 is 11.9 Å². The molecule has 0 aromatic rings. The van der Waals surface area contributed by atoms with Gasteiger partial charge in [0.05, 0.1) is 13.2 Å². The molecule has 0 aromatic heterocycles. The SMILES string of the molecule is CC1(C(F)(F)F)NC(=O)N(CCO)C1=O. The second-order valence-electron chi connectivity index (χ2n) is 3.23. The molecule has 15 heavy (non-hydrogen) atoms. The smallest absolute Gasteiger partial charge is 0.395 e. The minimum atomic E-state index is -4.86. The van der Waals surface area contributed by atoms with Gasteiger partial charge in [-0.2, -0.15) is 13.2 Å². The molecule has 0 bridgehead atoms. The van der Waals surface area contributed by atoms with E-state index in [4.69, 9.17) is 5.11 Å². The van der Waals surface area contributed by atoms with Crippen molar-refractivity contribution < 1.29 is 27.9 Å². The Balaban J connectivity index is 3.00. The number of nitrogens with zero attached hydrogens (tertiary/aromatic N) is 1. The van der Waals surface area contributed by atoms with E-state index in [0.29, 0.717) is 11.8 Å². The molecule has 1 fully saturated rings. The molecular formula is C7H9F3N2O3. The molecule has 0 radical (unpaired) electrons. The van der Waals surface area contributed by atoms with Crippen molar-refractivity contribution in [3.05, 3.63) is 0 Å². The van der Waals surface area contributed by atoms with Crippen LogP contribution in [0.3, 0.4) is 0 Å². The second kappa shape index (κ2) is 3.37. The first-order chi connectivity index (χ1) is 6.74. The maximum absolute atomic E-state index is 12.5. The number of amides is 3. The van der Waals surface area contributed by atoms with Gasteiger partial charge in [-0.1, -0.05) is 0 Å². The highest BCUT2D eigenvalue weighted by Crippen LogP contribution is 2.34. The third-order valence-electron chi connectivity index (χ3n) is 2.17. The third kappa shape index (κ3) is 1.65. The van der Waals surface area contributed by atoms with Crippen LogP contribution in [0.1, 0.15) is 6.92 Å². The topological polar surface area (TPSA) is 69.6 Å². The Morgan fingerprint density at radius 3 is 2.33 bits per heavy atom. The number of halogens is 3. The highest BCUT2D eigenvalue weighted by atomic mass is 19.4. The van der Waals surface area contributed by atoms with Crippen molar-refractivity contribution in [2.75, 3.05) is 13.2 Å². The van der Waals surface area contributed by atoms with E-state index in [1.165, 1.54) is 0 Å². The molecule has 1 atom stereocenters. The molecule has 5 nitrogen and oxygen atoms in total. The second-order valence-corrected chi connectivity index (χ2v) is 3.23. The predicted molar refractivity (Wildman–Crippen MR) is 41.8 cm³/mol. The number of β-amino-alcohol motifs (C(OH)–C–C–N with tert-alkyl or cyclic N) is 1. The molecule has 1 unspecified atom stereocenters. The maximum atomic E-state index is 12.5. The number of hydrogen-bond donors (Lipinski definition) is 2. The van der Waals surface area contributed by atoms with Crippen LogP contribution in [0.2, 0.25) is 0 Å². The van der Waals surface area contributed by atoms with E-state index in [0.717, 1.165) is 0 Å². The fourth-order valence-corrected chi connectivity index (χ4v) is 1.19. The maximum Gasteiger partial charge on any atom is 0.420 e. The van der Waals surface area contributed by atoms with Crippen LogP contribution >= 0.6 is 0 Å². The summed E-state index contributed by atoms with van der Waals surface area (Å²) in [5.41, 5.74) is -2.89. The van der Waals surface area contributed by atoms with Gasteiger partial charge in [-0.15, -0.1) is 0 Å². The van der Waals surface area contributed by atoms with E-state index in [2.05, 4.69) is 0 Å². The van der Waals surface area contributed by atoms with E-state index in [-0.39, 0.29) is 0 Å². The molecule has 1 aliphatic rings. The third-order valence-corrected chi connectivity index (χ3v) is 2.17. The van der Waals surface area contributed by atoms with Crippen LogP contribution < -0.4 is 5.32 Å². The fourth-order valence-electron chi connectivity index (χ4n) is 1.19. The van der Waals surface area contributed by atoms with Gasteiger partial charge in [0.2, 0.25) is 5.54 Å². The molecule has 0 spiro atoms. The number of rotatable bonds is 2. The van der Waals surface area contributed by atoms with Gasteiger partial charge in [0.25, 0.3) is 5.91 Å². The van der Waals surface area contributed by atoms with E-state index < -0.39 is 36.8 Å². The fraction of sp³-hybridized carbons (Fsp3) is 0.714. The summed E-state index contributed by atoms with van der Waals surface area (Å²) in [5, 5.41) is 10.0.